The first-order valence-corrected chi connectivity index (χ1v) is 16.8. The maximum Gasteiger partial charge on any atom is -1.00 e. The molecule has 3 atom stereocenters. The third-order valence-corrected chi connectivity index (χ3v) is 17.1. The number of hydrogen-bond acceptors (Lipinski definition) is 0. The van der Waals surface area contributed by atoms with E-state index in [1.54, 1.807) is 14.6 Å². The van der Waals surface area contributed by atoms with Gasteiger partial charge in [-0.2, -0.15) is 0 Å². The molecule has 3 aromatic rings. The molecule has 0 fully saturated rings. The summed E-state index contributed by atoms with van der Waals surface area (Å²) in [4.78, 5) is 0. The number of benzene rings is 3. The van der Waals surface area contributed by atoms with Gasteiger partial charge in [-0.3, -0.25) is 0 Å². The molecule has 0 saturated heterocycles. The van der Waals surface area contributed by atoms with Gasteiger partial charge in [0.25, 0.3) is 0 Å². The molecule has 0 aliphatic heterocycles. The maximum atomic E-state index is 2.61. The minimum absolute atomic E-state index is 0. The molecule has 0 spiro atoms. The SMILES string of the molecule is CCC(C)c1cc(C(C)CC)cc([Si](c2ccccc2)(c2ccccc2)C2(C)C(C)=C(C)C(C)=[C]2[Ti+3])c1.[Cl-].[Cl-].[Cl-]. The molecule has 40 heavy (non-hydrogen) atoms. The van der Waals surface area contributed by atoms with E-state index < -0.39 is 8.07 Å². The van der Waals surface area contributed by atoms with Gasteiger partial charge in [0.2, 0.25) is 0 Å². The fourth-order valence-corrected chi connectivity index (χ4v) is 14.2. The van der Waals surface area contributed by atoms with E-state index in [2.05, 4.69) is 155 Å². The number of hydrogen-bond donors (Lipinski definition) is 0. The van der Waals surface area contributed by atoms with Crippen LogP contribution in [0.2, 0.25) is 5.04 Å². The van der Waals surface area contributed by atoms with Crippen molar-refractivity contribution in [1.29, 1.82) is 0 Å². The number of rotatable bonds is 8. The predicted molar refractivity (Wildman–Crippen MR) is 161 cm³/mol. The second-order valence-corrected chi connectivity index (χ2v) is 16.4. The van der Waals surface area contributed by atoms with Gasteiger partial charge in [-0.05, 0) is 0 Å². The van der Waals surface area contributed by atoms with E-state index in [1.165, 1.54) is 32.6 Å². The molecule has 0 N–H and O–H groups in total. The van der Waals surface area contributed by atoms with Crippen molar-refractivity contribution in [3.63, 3.8) is 0 Å². The van der Waals surface area contributed by atoms with Gasteiger partial charge in [0.15, 0.2) is 0 Å². The Morgan fingerprint density at radius 1 is 0.650 bits per heavy atom. The molecule has 0 bridgehead atoms. The third-order valence-electron chi connectivity index (χ3n) is 9.69. The smallest absolute Gasteiger partial charge is 1.00 e. The fraction of sp³-hybridized carbons (Fsp3) is 0.371. The zero-order valence-electron chi connectivity index (χ0n) is 25.2. The minimum Gasteiger partial charge on any atom is -1.00 e. The molecule has 0 radical (unpaired) electrons. The average Bonchev–Trinajstić information content (AvgIpc) is 3.09. The summed E-state index contributed by atoms with van der Waals surface area (Å²) in [6, 6.07) is 30.8. The van der Waals surface area contributed by atoms with Crippen LogP contribution < -0.4 is 52.8 Å². The third kappa shape index (κ3) is 5.90. The van der Waals surface area contributed by atoms with Crippen LogP contribution in [0.25, 0.3) is 0 Å². The maximum absolute atomic E-state index is 2.62. The summed E-state index contributed by atoms with van der Waals surface area (Å²) in [5.74, 6) is 1.07. The topological polar surface area (TPSA) is 0 Å². The van der Waals surface area contributed by atoms with E-state index in [1.807, 2.05) is 0 Å². The molecule has 0 nitrogen and oxygen atoms in total. The van der Waals surface area contributed by atoms with Crippen LogP contribution in [0.3, 0.4) is 0 Å². The van der Waals surface area contributed by atoms with Crippen LogP contribution in [-0.2, 0) is 20.4 Å². The summed E-state index contributed by atoms with van der Waals surface area (Å²) in [6.45, 7) is 19.1. The van der Waals surface area contributed by atoms with Gasteiger partial charge in [0.05, 0.1) is 0 Å². The summed E-state index contributed by atoms with van der Waals surface area (Å²) in [5, 5.41) is 4.49. The van der Waals surface area contributed by atoms with Crippen molar-refractivity contribution in [2.45, 2.75) is 85.1 Å². The van der Waals surface area contributed by atoms with E-state index in [0.29, 0.717) is 11.8 Å². The van der Waals surface area contributed by atoms with Crippen molar-refractivity contribution >= 4 is 23.6 Å². The van der Waals surface area contributed by atoms with Crippen molar-refractivity contribution in [3.05, 3.63) is 111 Å². The normalized spacial score (nSPS) is 18.4. The Kier molecular flexibility index (Phi) is 13.8. The van der Waals surface area contributed by atoms with Gasteiger partial charge < -0.3 is 37.2 Å². The van der Waals surface area contributed by atoms with Gasteiger partial charge in [-0.15, -0.1) is 0 Å². The molecule has 0 heterocycles. The van der Waals surface area contributed by atoms with Crippen LogP contribution in [0.4, 0.5) is 0 Å². The first kappa shape index (κ1) is 37.0. The molecule has 0 amide bonds. The molecule has 1 aliphatic carbocycles. The van der Waals surface area contributed by atoms with Crippen molar-refractivity contribution in [1.82, 2.24) is 0 Å². The summed E-state index contributed by atoms with van der Waals surface area (Å²) >= 11 is 2.41. The summed E-state index contributed by atoms with van der Waals surface area (Å²) in [6.07, 6.45) is 2.31. The first-order valence-electron chi connectivity index (χ1n) is 14.0. The van der Waals surface area contributed by atoms with Gasteiger partial charge in [0.1, 0.15) is 0 Å². The molecule has 0 saturated carbocycles. The van der Waals surface area contributed by atoms with Crippen LogP contribution in [-0.4, -0.2) is 8.07 Å². The molecule has 212 valence electrons. The van der Waals surface area contributed by atoms with Crippen LogP contribution >= 0.6 is 0 Å². The Bertz CT molecular complexity index is 1240. The molecule has 4 rings (SSSR count). The molecular formula is C35H43Cl3SiTi. The zero-order chi connectivity index (χ0) is 27.0. The van der Waals surface area contributed by atoms with Crippen LogP contribution in [0.15, 0.2) is 99.5 Å². The van der Waals surface area contributed by atoms with E-state index >= 15 is 0 Å². The first-order chi connectivity index (χ1) is 17.6. The van der Waals surface area contributed by atoms with Crippen molar-refractivity contribution in [2.24, 2.45) is 0 Å². The largest absolute Gasteiger partial charge is 1.00 e. The Balaban J connectivity index is 0.00000267. The molecule has 1 aliphatic rings. The Morgan fingerprint density at radius 3 is 1.38 bits per heavy atom. The van der Waals surface area contributed by atoms with E-state index in [-0.39, 0.29) is 42.3 Å². The molecule has 5 heteroatoms. The average molecular weight is 646 g/mol. The fourth-order valence-electron chi connectivity index (χ4n) is 6.55. The number of allylic oxidation sites excluding steroid dienone is 4. The van der Waals surface area contributed by atoms with Gasteiger partial charge in [-0.1, -0.05) is 0 Å². The predicted octanol–water partition coefficient (Wildman–Crippen LogP) is -0.873. The van der Waals surface area contributed by atoms with Gasteiger partial charge >= 0.3 is 240 Å². The molecule has 3 unspecified atom stereocenters. The van der Waals surface area contributed by atoms with Crippen molar-refractivity contribution in [2.75, 3.05) is 0 Å². The second-order valence-electron chi connectivity index (χ2n) is 11.4. The van der Waals surface area contributed by atoms with Crippen LogP contribution in [0.1, 0.15) is 91.2 Å². The van der Waals surface area contributed by atoms with Gasteiger partial charge in [0, 0.05) is 0 Å². The summed E-state index contributed by atoms with van der Waals surface area (Å²) < 4.78 is 1.54. The Labute approximate surface area is 275 Å². The Hall–Kier alpha value is -1.06. The van der Waals surface area contributed by atoms with Crippen LogP contribution in [0, 0.1) is 0 Å². The molecule has 0 aromatic heterocycles. The second kappa shape index (κ2) is 14.9. The summed E-state index contributed by atoms with van der Waals surface area (Å²) in [5.41, 5.74) is 7.49. The van der Waals surface area contributed by atoms with E-state index in [0.717, 1.165) is 12.8 Å². The van der Waals surface area contributed by atoms with Gasteiger partial charge in [-0.25, -0.2) is 0 Å². The monoisotopic (exact) mass is 644 g/mol. The van der Waals surface area contributed by atoms with Crippen molar-refractivity contribution in [3.8, 4) is 0 Å². The zero-order valence-corrected chi connectivity index (χ0v) is 30.0. The van der Waals surface area contributed by atoms with E-state index in [9.17, 15) is 0 Å². The number of halogens is 3. The minimum atomic E-state index is -2.62. The molecular weight excluding hydrogens is 603 g/mol. The van der Waals surface area contributed by atoms with Crippen LogP contribution in [0.5, 0.6) is 0 Å². The summed E-state index contributed by atoms with van der Waals surface area (Å²) in [7, 11) is -2.62. The van der Waals surface area contributed by atoms with Crippen molar-refractivity contribution < 1.29 is 57.7 Å². The molecule has 3 aromatic carbocycles. The quantitative estimate of drug-likeness (QED) is 0.221. The van der Waals surface area contributed by atoms with E-state index in [4.69, 9.17) is 0 Å². The standard InChI is InChI=1S/C35H43Si.3ClH.Ti/c1-9-25(3)30-21-31(26(4)10-2)23-34(22-30)36(32-17-13-11-14-18-32,33-19-15-12-16-20-33)35(8)24-27(5)28(6)29(35)7;;;;/h11-23,25-26H,9-10H2,1-8H3;3*1H;/q;;;;+3/p-3. The Morgan fingerprint density at radius 2 is 1.05 bits per heavy atom.